The van der Waals surface area contributed by atoms with Gasteiger partial charge in [0.25, 0.3) is 5.91 Å². The molecule has 7 heteroatoms. The summed E-state index contributed by atoms with van der Waals surface area (Å²) in [4.78, 5) is 36.4. The fraction of sp³-hybridized carbons (Fsp3) is 0.267. The predicted octanol–water partition coefficient (Wildman–Crippen LogP) is 0.0970. The van der Waals surface area contributed by atoms with Crippen molar-refractivity contribution in [2.45, 2.75) is 19.0 Å². The van der Waals surface area contributed by atoms with Crippen LogP contribution in [0.5, 0.6) is 0 Å². The summed E-state index contributed by atoms with van der Waals surface area (Å²) in [5.74, 6) is -0.976. The van der Waals surface area contributed by atoms with E-state index < -0.39 is 6.04 Å². The summed E-state index contributed by atoms with van der Waals surface area (Å²) in [6, 6.07) is 6.57. The largest absolute Gasteiger partial charge is 0.398 e. The van der Waals surface area contributed by atoms with E-state index in [1.165, 1.54) is 7.05 Å². The van der Waals surface area contributed by atoms with Crippen molar-refractivity contribution in [3.8, 4) is 0 Å². The van der Waals surface area contributed by atoms with Gasteiger partial charge in [0.05, 0.1) is 11.9 Å². The van der Waals surface area contributed by atoms with Crippen LogP contribution in [0, 0.1) is 0 Å². The maximum Gasteiger partial charge on any atom is 0.252 e. The van der Waals surface area contributed by atoms with Crippen LogP contribution >= 0.6 is 0 Å². The lowest BCUT2D eigenvalue weighted by Gasteiger charge is -2.12. The Labute approximate surface area is 126 Å². The van der Waals surface area contributed by atoms with Crippen molar-refractivity contribution in [1.82, 2.24) is 14.8 Å². The van der Waals surface area contributed by atoms with E-state index in [2.05, 4.69) is 5.32 Å². The van der Waals surface area contributed by atoms with E-state index in [1.807, 2.05) is 18.2 Å². The molecule has 1 unspecified atom stereocenters. The van der Waals surface area contributed by atoms with Crippen LogP contribution in [-0.2, 0) is 20.9 Å². The van der Waals surface area contributed by atoms with E-state index in [0.29, 0.717) is 5.69 Å². The molecule has 0 saturated carbocycles. The molecule has 1 aliphatic rings. The Bertz CT molecular complexity index is 780. The number of fused-ring (bicyclic) bond motifs is 1. The molecule has 114 valence electrons. The highest BCUT2D eigenvalue weighted by molar-refractivity contribution is 6.06. The van der Waals surface area contributed by atoms with Gasteiger partial charge < -0.3 is 15.6 Å². The number of hydrogen-bond donors (Lipinski definition) is 2. The standard InChI is InChI=1S/C15H16N4O3/c1-18-14(21)7-11(15(18)22)17-13(20)8-19-6-5-9-10(16)3-2-4-12(9)19/h2-6,11H,7-8,16H2,1H3,(H,17,20). The molecule has 1 fully saturated rings. The predicted molar refractivity (Wildman–Crippen MR) is 80.7 cm³/mol. The molecule has 7 nitrogen and oxygen atoms in total. The Morgan fingerprint density at radius 2 is 2.14 bits per heavy atom. The van der Waals surface area contributed by atoms with Gasteiger partial charge in [0.1, 0.15) is 12.6 Å². The van der Waals surface area contributed by atoms with Gasteiger partial charge in [-0.3, -0.25) is 19.3 Å². The smallest absolute Gasteiger partial charge is 0.252 e. The van der Waals surface area contributed by atoms with E-state index in [0.717, 1.165) is 15.8 Å². The highest BCUT2D eigenvalue weighted by Gasteiger charge is 2.36. The number of nitrogen functional groups attached to an aromatic ring is 1. The Hall–Kier alpha value is -2.83. The van der Waals surface area contributed by atoms with E-state index >= 15 is 0 Å². The normalized spacial score (nSPS) is 18.2. The molecule has 1 saturated heterocycles. The monoisotopic (exact) mass is 300 g/mol. The number of nitrogens with one attached hydrogen (secondary N) is 1. The van der Waals surface area contributed by atoms with Crippen molar-refractivity contribution < 1.29 is 14.4 Å². The molecule has 3 amide bonds. The third-order valence-corrected chi connectivity index (χ3v) is 3.88. The third kappa shape index (κ3) is 2.30. The highest BCUT2D eigenvalue weighted by Crippen LogP contribution is 2.21. The van der Waals surface area contributed by atoms with Crippen LogP contribution in [0.15, 0.2) is 30.5 Å². The number of likely N-dealkylation sites (tertiary alicyclic amines) is 1. The topological polar surface area (TPSA) is 97.4 Å². The van der Waals surface area contributed by atoms with Crippen molar-refractivity contribution in [3.63, 3.8) is 0 Å². The SMILES string of the molecule is CN1C(=O)CC(NC(=O)Cn2ccc3c(N)cccc32)C1=O. The number of amides is 3. The van der Waals surface area contributed by atoms with E-state index in [-0.39, 0.29) is 30.7 Å². The summed E-state index contributed by atoms with van der Waals surface area (Å²) in [6.07, 6.45) is 1.79. The van der Waals surface area contributed by atoms with Gasteiger partial charge in [0.2, 0.25) is 11.8 Å². The van der Waals surface area contributed by atoms with Gasteiger partial charge in [0.15, 0.2) is 0 Å². The van der Waals surface area contributed by atoms with Crippen molar-refractivity contribution in [3.05, 3.63) is 30.5 Å². The molecule has 1 aliphatic heterocycles. The fourth-order valence-electron chi connectivity index (χ4n) is 2.65. The van der Waals surface area contributed by atoms with Gasteiger partial charge in [-0.1, -0.05) is 6.07 Å². The van der Waals surface area contributed by atoms with Crippen LogP contribution in [-0.4, -0.2) is 40.3 Å². The number of carbonyl (C=O) groups is 3. The van der Waals surface area contributed by atoms with Gasteiger partial charge in [-0.15, -0.1) is 0 Å². The van der Waals surface area contributed by atoms with Crippen LogP contribution in [0.2, 0.25) is 0 Å². The Morgan fingerprint density at radius 1 is 1.36 bits per heavy atom. The second-order valence-corrected chi connectivity index (χ2v) is 5.34. The molecule has 2 aromatic rings. The van der Waals surface area contributed by atoms with Gasteiger partial charge in [-0.05, 0) is 18.2 Å². The molecule has 1 aromatic carbocycles. The van der Waals surface area contributed by atoms with E-state index in [4.69, 9.17) is 5.73 Å². The summed E-state index contributed by atoms with van der Waals surface area (Å²) >= 11 is 0. The first kappa shape index (κ1) is 14.1. The molecular weight excluding hydrogens is 284 g/mol. The first-order chi connectivity index (χ1) is 10.5. The number of benzene rings is 1. The maximum absolute atomic E-state index is 12.1. The minimum absolute atomic E-state index is 0.0143. The average molecular weight is 300 g/mol. The fourth-order valence-corrected chi connectivity index (χ4v) is 2.65. The Morgan fingerprint density at radius 3 is 2.82 bits per heavy atom. The molecule has 0 aliphatic carbocycles. The number of imide groups is 1. The number of likely N-dealkylation sites (N-methyl/N-ethyl adjacent to an activating group) is 1. The zero-order valence-electron chi connectivity index (χ0n) is 12.1. The van der Waals surface area contributed by atoms with Crippen molar-refractivity contribution in [2.75, 3.05) is 12.8 Å². The average Bonchev–Trinajstić information content (AvgIpc) is 2.98. The lowest BCUT2D eigenvalue weighted by molar-refractivity contribution is -0.138. The molecule has 1 aromatic heterocycles. The zero-order valence-corrected chi connectivity index (χ0v) is 12.1. The van der Waals surface area contributed by atoms with E-state index in [9.17, 15) is 14.4 Å². The second kappa shape index (κ2) is 5.18. The zero-order chi connectivity index (χ0) is 15.9. The molecule has 2 heterocycles. The van der Waals surface area contributed by atoms with Gasteiger partial charge in [0, 0.05) is 24.3 Å². The molecular formula is C15H16N4O3. The number of hydrogen-bond acceptors (Lipinski definition) is 4. The van der Waals surface area contributed by atoms with Crippen LogP contribution < -0.4 is 11.1 Å². The van der Waals surface area contributed by atoms with Crippen LogP contribution in [0.25, 0.3) is 10.9 Å². The molecule has 3 rings (SSSR count). The van der Waals surface area contributed by atoms with Crippen LogP contribution in [0.1, 0.15) is 6.42 Å². The summed E-state index contributed by atoms with van der Waals surface area (Å²) < 4.78 is 1.76. The van der Waals surface area contributed by atoms with Crippen LogP contribution in [0.4, 0.5) is 5.69 Å². The molecule has 0 radical (unpaired) electrons. The number of anilines is 1. The molecule has 22 heavy (non-hydrogen) atoms. The highest BCUT2D eigenvalue weighted by atomic mass is 16.2. The van der Waals surface area contributed by atoms with Gasteiger partial charge in [-0.25, -0.2) is 0 Å². The minimum Gasteiger partial charge on any atom is -0.398 e. The molecule has 0 bridgehead atoms. The third-order valence-electron chi connectivity index (χ3n) is 3.88. The lowest BCUT2D eigenvalue weighted by atomic mass is 10.2. The minimum atomic E-state index is -0.767. The first-order valence-corrected chi connectivity index (χ1v) is 6.90. The quantitative estimate of drug-likeness (QED) is 0.620. The van der Waals surface area contributed by atoms with Crippen molar-refractivity contribution >= 4 is 34.3 Å². The van der Waals surface area contributed by atoms with Gasteiger partial charge >= 0.3 is 0 Å². The Kier molecular flexibility index (Phi) is 3.32. The van der Waals surface area contributed by atoms with Crippen molar-refractivity contribution in [2.24, 2.45) is 0 Å². The number of carbonyl (C=O) groups excluding carboxylic acids is 3. The number of nitrogens with zero attached hydrogens (tertiary/aromatic N) is 2. The lowest BCUT2D eigenvalue weighted by Crippen LogP contribution is -2.41. The number of aromatic nitrogens is 1. The summed E-state index contributed by atoms with van der Waals surface area (Å²) in [7, 11) is 1.42. The van der Waals surface area contributed by atoms with E-state index in [1.54, 1.807) is 16.8 Å². The molecule has 0 spiro atoms. The molecule has 1 atom stereocenters. The van der Waals surface area contributed by atoms with Crippen molar-refractivity contribution in [1.29, 1.82) is 0 Å². The Balaban J connectivity index is 1.73. The summed E-state index contributed by atoms with van der Waals surface area (Å²) in [6.45, 7) is 0.0641. The van der Waals surface area contributed by atoms with Gasteiger partial charge in [-0.2, -0.15) is 0 Å². The second-order valence-electron chi connectivity index (χ2n) is 5.34. The van der Waals surface area contributed by atoms with Crippen LogP contribution in [0.3, 0.4) is 0 Å². The number of rotatable bonds is 3. The maximum atomic E-state index is 12.1. The summed E-state index contributed by atoms with van der Waals surface area (Å²) in [5, 5.41) is 3.48. The first-order valence-electron chi connectivity index (χ1n) is 6.90. The molecule has 3 N–H and O–H groups in total. The summed E-state index contributed by atoms with van der Waals surface area (Å²) in [5.41, 5.74) is 7.38. The number of nitrogens with two attached hydrogens (primary N) is 1.